The molecule has 15 heavy (non-hydrogen) atoms. The highest BCUT2D eigenvalue weighted by Crippen LogP contribution is 2.29. The van der Waals surface area contributed by atoms with Crippen LogP contribution in [0, 0.1) is 0 Å². The van der Waals surface area contributed by atoms with Crippen LogP contribution in [0.2, 0.25) is 10.0 Å². The van der Waals surface area contributed by atoms with Crippen molar-refractivity contribution >= 4 is 40.4 Å². The Labute approximate surface area is 96.4 Å². The molecule has 2 aromatic rings. The van der Waals surface area contributed by atoms with Crippen molar-refractivity contribution in [1.29, 1.82) is 0 Å². The molecule has 0 atom stereocenters. The van der Waals surface area contributed by atoms with Crippen LogP contribution in [0.15, 0.2) is 24.4 Å². The van der Waals surface area contributed by atoms with Gasteiger partial charge in [0.05, 0.1) is 16.9 Å². The quantitative estimate of drug-likeness (QED) is 0.759. The van der Waals surface area contributed by atoms with E-state index in [4.69, 9.17) is 28.9 Å². The summed E-state index contributed by atoms with van der Waals surface area (Å²) in [5, 5.41) is 10.6. The Morgan fingerprint density at radius 3 is 2.67 bits per heavy atom. The van der Waals surface area contributed by atoms with Gasteiger partial charge >= 0.3 is 0 Å². The lowest BCUT2D eigenvalue weighted by Gasteiger charge is -2.06. The largest absolute Gasteiger partial charge is 0.382 e. The maximum absolute atomic E-state index is 5.98. The summed E-state index contributed by atoms with van der Waals surface area (Å²) >= 11 is 11.8. The van der Waals surface area contributed by atoms with Gasteiger partial charge in [-0.25, -0.2) is 0 Å². The average Bonchev–Trinajstić information content (AvgIpc) is 2.57. The van der Waals surface area contributed by atoms with Crippen molar-refractivity contribution in [3.8, 4) is 0 Å². The molecule has 0 fully saturated rings. The van der Waals surface area contributed by atoms with Crippen molar-refractivity contribution in [2.45, 2.75) is 0 Å². The van der Waals surface area contributed by atoms with Crippen molar-refractivity contribution in [3.63, 3.8) is 0 Å². The highest BCUT2D eigenvalue weighted by molar-refractivity contribution is 6.36. The Kier molecular flexibility index (Phi) is 2.70. The van der Waals surface area contributed by atoms with Crippen LogP contribution in [-0.2, 0) is 0 Å². The summed E-state index contributed by atoms with van der Waals surface area (Å²) in [6.45, 7) is 0. The fourth-order valence-electron chi connectivity index (χ4n) is 1.13. The fourth-order valence-corrected chi connectivity index (χ4v) is 1.59. The molecule has 4 N–H and O–H groups in total. The number of anilines is 3. The number of halogens is 2. The zero-order chi connectivity index (χ0) is 10.8. The molecule has 0 aliphatic carbocycles. The second kappa shape index (κ2) is 4.00. The zero-order valence-electron chi connectivity index (χ0n) is 7.59. The number of nitrogen functional groups attached to an aromatic ring is 1. The number of benzene rings is 1. The summed E-state index contributed by atoms with van der Waals surface area (Å²) in [4.78, 5) is 0. The standard InChI is InChI=1S/C9H8Cl2N4/c10-5-1-2-7(6(11)3-5)14-8-4-13-15-9(8)12/h1-4,14H,(H3,12,13,15). The summed E-state index contributed by atoms with van der Waals surface area (Å²) < 4.78 is 0. The van der Waals surface area contributed by atoms with Crippen molar-refractivity contribution < 1.29 is 0 Å². The van der Waals surface area contributed by atoms with Crippen LogP contribution in [0.5, 0.6) is 0 Å². The van der Waals surface area contributed by atoms with Crippen molar-refractivity contribution in [1.82, 2.24) is 10.2 Å². The normalized spacial score (nSPS) is 10.3. The predicted molar refractivity (Wildman–Crippen MR) is 62.7 cm³/mol. The lowest BCUT2D eigenvalue weighted by molar-refractivity contribution is 1.10. The average molecular weight is 243 g/mol. The predicted octanol–water partition coefficient (Wildman–Crippen LogP) is 3.04. The molecular weight excluding hydrogens is 235 g/mol. The fraction of sp³-hybridized carbons (Fsp3) is 0. The van der Waals surface area contributed by atoms with E-state index in [1.807, 2.05) is 0 Å². The van der Waals surface area contributed by atoms with E-state index in [0.717, 1.165) is 5.69 Å². The van der Waals surface area contributed by atoms with Gasteiger partial charge in [0, 0.05) is 5.02 Å². The first-order valence-corrected chi connectivity index (χ1v) is 4.93. The van der Waals surface area contributed by atoms with Crippen molar-refractivity contribution in [2.75, 3.05) is 11.1 Å². The molecule has 0 aliphatic rings. The lowest BCUT2D eigenvalue weighted by Crippen LogP contribution is -1.94. The maximum Gasteiger partial charge on any atom is 0.143 e. The van der Waals surface area contributed by atoms with E-state index >= 15 is 0 Å². The number of nitrogens with two attached hydrogens (primary N) is 1. The first-order chi connectivity index (χ1) is 7.16. The molecule has 0 unspecified atom stereocenters. The Morgan fingerprint density at radius 1 is 1.27 bits per heavy atom. The van der Waals surface area contributed by atoms with Gasteiger partial charge in [0.25, 0.3) is 0 Å². The van der Waals surface area contributed by atoms with Crippen LogP contribution in [0.1, 0.15) is 0 Å². The smallest absolute Gasteiger partial charge is 0.143 e. The topological polar surface area (TPSA) is 66.7 Å². The minimum atomic E-state index is 0.459. The monoisotopic (exact) mass is 242 g/mol. The van der Waals surface area contributed by atoms with E-state index in [1.54, 1.807) is 24.4 Å². The number of nitrogens with zero attached hydrogens (tertiary/aromatic N) is 1. The number of H-pyrrole nitrogens is 1. The summed E-state index contributed by atoms with van der Waals surface area (Å²) in [6, 6.07) is 5.17. The van der Waals surface area contributed by atoms with Gasteiger partial charge in [-0.05, 0) is 18.2 Å². The Hall–Kier alpha value is -1.39. The van der Waals surface area contributed by atoms with E-state index < -0.39 is 0 Å². The zero-order valence-corrected chi connectivity index (χ0v) is 9.10. The molecule has 0 radical (unpaired) electrons. The third kappa shape index (κ3) is 2.16. The number of nitrogens with one attached hydrogen (secondary N) is 2. The Morgan fingerprint density at radius 2 is 2.07 bits per heavy atom. The molecule has 1 aromatic carbocycles. The van der Waals surface area contributed by atoms with Crippen LogP contribution < -0.4 is 11.1 Å². The van der Waals surface area contributed by atoms with Gasteiger partial charge in [-0.3, -0.25) is 5.10 Å². The molecule has 0 spiro atoms. The molecule has 0 aliphatic heterocycles. The van der Waals surface area contributed by atoms with Gasteiger partial charge in [0.1, 0.15) is 11.5 Å². The van der Waals surface area contributed by atoms with Crippen LogP contribution in [0.25, 0.3) is 0 Å². The second-order valence-electron chi connectivity index (χ2n) is 2.95. The maximum atomic E-state index is 5.98. The van der Waals surface area contributed by atoms with Crippen LogP contribution >= 0.6 is 23.2 Å². The molecule has 6 heteroatoms. The minimum absolute atomic E-state index is 0.459. The first kappa shape index (κ1) is 10.1. The third-order valence-corrected chi connectivity index (χ3v) is 2.42. The third-order valence-electron chi connectivity index (χ3n) is 1.87. The summed E-state index contributed by atoms with van der Waals surface area (Å²) in [5.41, 5.74) is 7.03. The first-order valence-electron chi connectivity index (χ1n) is 4.18. The SMILES string of the molecule is Nc1[nH]ncc1Nc1ccc(Cl)cc1Cl. The van der Waals surface area contributed by atoms with Crippen LogP contribution in [-0.4, -0.2) is 10.2 Å². The molecule has 4 nitrogen and oxygen atoms in total. The minimum Gasteiger partial charge on any atom is -0.382 e. The summed E-state index contributed by atoms with van der Waals surface area (Å²) in [5.74, 6) is 0.459. The molecule has 78 valence electrons. The highest BCUT2D eigenvalue weighted by atomic mass is 35.5. The number of hydrogen-bond donors (Lipinski definition) is 3. The molecule has 1 aromatic heterocycles. The van der Waals surface area contributed by atoms with Gasteiger partial charge in [-0.15, -0.1) is 0 Å². The summed E-state index contributed by atoms with van der Waals surface area (Å²) in [6.07, 6.45) is 1.58. The number of hydrogen-bond acceptors (Lipinski definition) is 3. The van der Waals surface area contributed by atoms with E-state index in [2.05, 4.69) is 15.5 Å². The number of aromatic amines is 1. The molecule has 0 saturated heterocycles. The van der Waals surface area contributed by atoms with E-state index in [1.165, 1.54) is 0 Å². The number of aromatic nitrogens is 2. The van der Waals surface area contributed by atoms with Gasteiger partial charge < -0.3 is 11.1 Å². The van der Waals surface area contributed by atoms with E-state index in [-0.39, 0.29) is 0 Å². The molecular formula is C9H8Cl2N4. The molecule has 0 bridgehead atoms. The molecule has 1 heterocycles. The van der Waals surface area contributed by atoms with Gasteiger partial charge in [0.2, 0.25) is 0 Å². The van der Waals surface area contributed by atoms with Crippen molar-refractivity contribution in [2.24, 2.45) is 0 Å². The second-order valence-corrected chi connectivity index (χ2v) is 3.79. The van der Waals surface area contributed by atoms with Gasteiger partial charge in [0.15, 0.2) is 0 Å². The molecule has 2 rings (SSSR count). The summed E-state index contributed by atoms with van der Waals surface area (Å²) in [7, 11) is 0. The van der Waals surface area contributed by atoms with Crippen molar-refractivity contribution in [3.05, 3.63) is 34.4 Å². The van der Waals surface area contributed by atoms with E-state index in [9.17, 15) is 0 Å². The Balaban J connectivity index is 2.29. The van der Waals surface area contributed by atoms with Gasteiger partial charge in [-0.2, -0.15) is 5.10 Å². The molecule has 0 amide bonds. The van der Waals surface area contributed by atoms with Crippen LogP contribution in [0.4, 0.5) is 17.2 Å². The Bertz CT molecular complexity index is 481. The van der Waals surface area contributed by atoms with Gasteiger partial charge in [-0.1, -0.05) is 23.2 Å². The highest BCUT2D eigenvalue weighted by Gasteiger charge is 2.04. The number of rotatable bonds is 2. The lowest BCUT2D eigenvalue weighted by atomic mass is 10.3. The van der Waals surface area contributed by atoms with Crippen LogP contribution in [0.3, 0.4) is 0 Å². The van der Waals surface area contributed by atoms with E-state index in [0.29, 0.717) is 21.6 Å². The molecule has 0 saturated carbocycles.